The van der Waals surface area contributed by atoms with E-state index >= 15 is 0 Å². The molecule has 4 heteroatoms. The van der Waals surface area contributed by atoms with Crippen LogP contribution in [-0.4, -0.2) is 16.8 Å². The molecule has 0 fully saturated rings. The predicted molar refractivity (Wildman–Crippen MR) is 36.3 cm³/mol. The van der Waals surface area contributed by atoms with Gasteiger partial charge >= 0.3 is 51.4 Å². The minimum Gasteiger partial charge on any atom is -0.404 e. The molecule has 0 saturated carbocycles. The second kappa shape index (κ2) is 4.51. The fraction of sp³-hybridized carbons (Fsp3) is 0.500. The van der Waals surface area contributed by atoms with Crippen LogP contribution in [0.4, 0.5) is 5.82 Å². The van der Waals surface area contributed by atoms with E-state index in [4.69, 9.17) is 0 Å². The zero-order valence-electron chi connectivity index (χ0n) is 6.89. The summed E-state index contributed by atoms with van der Waals surface area (Å²) in [5.74, 6) is 0.924. The van der Waals surface area contributed by atoms with Crippen molar-refractivity contribution >= 4 is 5.82 Å². The quantitative estimate of drug-likeness (QED) is 0.369. The fourth-order valence-electron chi connectivity index (χ4n) is 0.777. The number of aromatic nitrogens is 2. The average molecular weight is 163 g/mol. The van der Waals surface area contributed by atoms with Crippen LogP contribution in [0.2, 0.25) is 0 Å². The van der Waals surface area contributed by atoms with Gasteiger partial charge in [0.05, 0.1) is 0 Å². The SMILES string of the molecule is CNc1[c-]c(C)nn1C.[K+]. The predicted octanol–water partition coefficient (Wildman–Crippen LogP) is -2.43. The van der Waals surface area contributed by atoms with E-state index in [-0.39, 0.29) is 51.4 Å². The number of anilines is 1. The molecule has 0 unspecified atom stereocenters. The van der Waals surface area contributed by atoms with Gasteiger partial charge in [-0.15, -0.1) is 5.69 Å². The molecule has 10 heavy (non-hydrogen) atoms. The molecule has 0 atom stereocenters. The molecule has 0 bridgehead atoms. The van der Waals surface area contributed by atoms with E-state index in [2.05, 4.69) is 16.5 Å². The van der Waals surface area contributed by atoms with Crippen LogP contribution in [-0.2, 0) is 7.05 Å². The molecule has 0 spiro atoms. The third kappa shape index (κ3) is 2.36. The third-order valence-corrected chi connectivity index (χ3v) is 1.16. The van der Waals surface area contributed by atoms with Crippen molar-refractivity contribution in [3.05, 3.63) is 11.8 Å². The number of nitrogens with one attached hydrogen (secondary N) is 1. The molecule has 0 aliphatic rings. The minimum absolute atomic E-state index is 0. The van der Waals surface area contributed by atoms with E-state index in [0.29, 0.717) is 0 Å². The maximum atomic E-state index is 4.08. The van der Waals surface area contributed by atoms with Crippen molar-refractivity contribution in [2.45, 2.75) is 6.92 Å². The van der Waals surface area contributed by atoms with E-state index in [1.54, 1.807) is 4.68 Å². The van der Waals surface area contributed by atoms with Crippen molar-refractivity contribution in [1.29, 1.82) is 0 Å². The second-order valence-corrected chi connectivity index (χ2v) is 1.93. The van der Waals surface area contributed by atoms with E-state index < -0.39 is 0 Å². The summed E-state index contributed by atoms with van der Waals surface area (Å²) in [7, 11) is 3.74. The molecule has 0 aromatic carbocycles. The van der Waals surface area contributed by atoms with E-state index in [1.165, 1.54) is 0 Å². The van der Waals surface area contributed by atoms with Gasteiger partial charge in [-0.1, -0.05) is 12.7 Å². The van der Waals surface area contributed by atoms with Gasteiger partial charge in [-0.05, 0) is 0 Å². The first-order chi connectivity index (χ1) is 4.24. The second-order valence-electron chi connectivity index (χ2n) is 1.93. The van der Waals surface area contributed by atoms with Gasteiger partial charge in [-0.2, -0.15) is 0 Å². The van der Waals surface area contributed by atoms with E-state index in [1.807, 2.05) is 21.0 Å². The maximum Gasteiger partial charge on any atom is 1.00 e. The summed E-state index contributed by atoms with van der Waals surface area (Å²) in [6.07, 6.45) is 0. The number of aryl methyl sites for hydroxylation is 2. The van der Waals surface area contributed by atoms with Gasteiger partial charge < -0.3 is 11.4 Å². The molecule has 1 heterocycles. The molecule has 1 aromatic rings. The van der Waals surface area contributed by atoms with Crippen LogP contribution in [0.25, 0.3) is 0 Å². The van der Waals surface area contributed by atoms with E-state index in [0.717, 1.165) is 11.5 Å². The summed E-state index contributed by atoms with van der Waals surface area (Å²) >= 11 is 0. The summed E-state index contributed by atoms with van der Waals surface area (Å²) in [4.78, 5) is 0. The van der Waals surface area contributed by atoms with Crippen molar-refractivity contribution in [1.82, 2.24) is 9.78 Å². The summed E-state index contributed by atoms with van der Waals surface area (Å²) in [5.41, 5.74) is 0.918. The van der Waals surface area contributed by atoms with Gasteiger partial charge in [0.25, 0.3) is 0 Å². The molecule has 0 saturated heterocycles. The molecule has 1 rings (SSSR count). The third-order valence-electron chi connectivity index (χ3n) is 1.16. The Morgan fingerprint density at radius 2 is 2.20 bits per heavy atom. The van der Waals surface area contributed by atoms with Crippen molar-refractivity contribution in [2.75, 3.05) is 12.4 Å². The van der Waals surface area contributed by atoms with Gasteiger partial charge in [-0.3, -0.25) is 4.68 Å². The first-order valence-electron chi connectivity index (χ1n) is 2.84. The van der Waals surface area contributed by atoms with Crippen LogP contribution >= 0.6 is 0 Å². The molecule has 50 valence electrons. The summed E-state index contributed by atoms with van der Waals surface area (Å²) < 4.78 is 1.76. The Bertz CT molecular complexity index is 207. The normalized spacial score (nSPS) is 8.70. The fourth-order valence-corrected chi connectivity index (χ4v) is 0.777. The van der Waals surface area contributed by atoms with E-state index in [9.17, 15) is 0 Å². The van der Waals surface area contributed by atoms with Crippen molar-refractivity contribution in [3.8, 4) is 0 Å². The number of hydrogen-bond acceptors (Lipinski definition) is 2. The van der Waals surface area contributed by atoms with Crippen molar-refractivity contribution in [3.63, 3.8) is 0 Å². The van der Waals surface area contributed by atoms with Crippen LogP contribution in [0.1, 0.15) is 5.69 Å². The molecule has 3 nitrogen and oxygen atoms in total. The molecular formula is C6H10KN3. The Hall–Kier alpha value is 0.646. The average Bonchev–Trinajstić information content (AvgIpc) is 2.10. The van der Waals surface area contributed by atoms with Gasteiger partial charge in [0.1, 0.15) is 0 Å². The minimum atomic E-state index is 0. The summed E-state index contributed by atoms with van der Waals surface area (Å²) in [5, 5.41) is 7.04. The number of rotatable bonds is 1. The Balaban J connectivity index is 0.000000810. The Morgan fingerprint density at radius 1 is 1.60 bits per heavy atom. The Morgan fingerprint density at radius 3 is 2.40 bits per heavy atom. The summed E-state index contributed by atoms with van der Waals surface area (Å²) in [6.45, 7) is 1.92. The van der Waals surface area contributed by atoms with Gasteiger partial charge in [-0.25, -0.2) is 5.10 Å². The number of hydrogen-bond donors (Lipinski definition) is 1. The largest absolute Gasteiger partial charge is 1.00 e. The van der Waals surface area contributed by atoms with Crippen molar-refractivity contribution in [2.24, 2.45) is 7.05 Å². The van der Waals surface area contributed by atoms with Crippen LogP contribution in [0, 0.1) is 13.0 Å². The molecule has 1 N–H and O–H groups in total. The molecule has 0 radical (unpaired) electrons. The molecular weight excluding hydrogens is 153 g/mol. The topological polar surface area (TPSA) is 29.9 Å². The van der Waals surface area contributed by atoms with Gasteiger partial charge in [0, 0.05) is 14.1 Å². The van der Waals surface area contributed by atoms with Gasteiger partial charge in [0.15, 0.2) is 0 Å². The van der Waals surface area contributed by atoms with Crippen LogP contribution in [0.15, 0.2) is 0 Å². The standard InChI is InChI=1S/C6H10N3.K/c1-5-4-6(7-2)9(3)8-5;/h7H,1-3H3;/q-1;+1. The van der Waals surface area contributed by atoms with Gasteiger partial charge in [0.2, 0.25) is 0 Å². The zero-order valence-corrected chi connectivity index (χ0v) is 10.0. The van der Waals surface area contributed by atoms with Crippen molar-refractivity contribution < 1.29 is 51.4 Å². The Labute approximate surface area is 104 Å². The molecule has 0 aliphatic heterocycles. The Kier molecular flexibility index (Phi) is 4.80. The van der Waals surface area contributed by atoms with Crippen LogP contribution < -0.4 is 56.7 Å². The monoisotopic (exact) mass is 163 g/mol. The smallest absolute Gasteiger partial charge is 0.404 e. The zero-order chi connectivity index (χ0) is 6.85. The number of nitrogens with zero attached hydrogens (tertiary/aromatic N) is 2. The first kappa shape index (κ1) is 10.6. The molecule has 0 aliphatic carbocycles. The summed E-state index contributed by atoms with van der Waals surface area (Å²) in [6, 6.07) is 3.03. The maximum absolute atomic E-state index is 4.08. The van der Waals surface area contributed by atoms with Crippen LogP contribution in [0.5, 0.6) is 0 Å². The first-order valence-corrected chi connectivity index (χ1v) is 2.84. The molecule has 0 amide bonds. The van der Waals surface area contributed by atoms with Crippen LogP contribution in [0.3, 0.4) is 0 Å². The molecule has 1 aromatic heterocycles.